The van der Waals surface area contributed by atoms with Crippen LogP contribution in [0.1, 0.15) is 6.92 Å². The molecule has 0 aromatic carbocycles. The molecule has 0 saturated heterocycles. The zero-order chi connectivity index (χ0) is 8.20. The second-order valence-electron chi connectivity index (χ2n) is 2.22. The summed E-state index contributed by atoms with van der Waals surface area (Å²) in [6.45, 7) is -3.34. The van der Waals surface area contributed by atoms with Crippen molar-refractivity contribution in [1.82, 2.24) is 5.32 Å². The van der Waals surface area contributed by atoms with E-state index in [2.05, 4.69) is 5.32 Å². The first-order chi connectivity index (χ1) is 4.42. The Balaban J connectivity index is 0. The van der Waals surface area contributed by atoms with E-state index in [1.165, 1.54) is 6.92 Å². The predicted molar refractivity (Wildman–Crippen MR) is 33.6 cm³/mol. The molecule has 0 unspecified atom stereocenters. The van der Waals surface area contributed by atoms with E-state index in [0.29, 0.717) is 0 Å². The molecule has 0 amide bonds. The van der Waals surface area contributed by atoms with E-state index in [0.717, 1.165) is 0 Å². The van der Waals surface area contributed by atoms with Crippen LogP contribution in [0.15, 0.2) is 0 Å². The maximum Gasteiger partial charge on any atom is 1.00 e. The summed E-state index contributed by atoms with van der Waals surface area (Å²) in [5.74, 6) is 0. The van der Waals surface area contributed by atoms with Crippen molar-refractivity contribution in [3.63, 3.8) is 0 Å². The maximum absolute atomic E-state index is 11.4. The van der Waals surface area contributed by atoms with Crippen molar-refractivity contribution in [3.05, 3.63) is 0 Å². The summed E-state index contributed by atoms with van der Waals surface area (Å²) in [4.78, 5) is 0. The molecule has 0 fully saturated rings. The second-order valence-corrected chi connectivity index (χ2v) is 2.22. The molecular formula is C4H10BF3KNO. The summed E-state index contributed by atoms with van der Waals surface area (Å²) in [6, 6.07) is 0. The van der Waals surface area contributed by atoms with Crippen LogP contribution in [0.25, 0.3) is 0 Å². The van der Waals surface area contributed by atoms with Gasteiger partial charge in [0.25, 0.3) is 0 Å². The Kier molecular flexibility index (Phi) is 9.32. The van der Waals surface area contributed by atoms with Gasteiger partial charge in [-0.25, -0.2) is 0 Å². The molecule has 0 aromatic rings. The van der Waals surface area contributed by atoms with E-state index < -0.39 is 19.5 Å². The number of nitrogens with one attached hydrogen (secondary N) is 1. The van der Waals surface area contributed by atoms with E-state index in [4.69, 9.17) is 5.11 Å². The molecule has 0 aromatic heterocycles. The van der Waals surface area contributed by atoms with Gasteiger partial charge in [-0.2, -0.15) is 0 Å². The monoisotopic (exact) mass is 195 g/mol. The first kappa shape index (κ1) is 14.9. The molecule has 0 radical (unpaired) electrons. The van der Waals surface area contributed by atoms with Crippen LogP contribution in [-0.4, -0.2) is 31.2 Å². The fourth-order valence-corrected chi connectivity index (χ4v) is 0.456. The largest absolute Gasteiger partial charge is 1.00 e. The fourth-order valence-electron chi connectivity index (χ4n) is 0.456. The van der Waals surface area contributed by atoms with Gasteiger partial charge in [-0.1, -0.05) is 0 Å². The predicted octanol–water partition coefficient (Wildman–Crippen LogP) is -2.65. The SMILES string of the molecule is C[C@@H](O)CNC[B-](F)(F)F.[K+]. The first-order valence-corrected chi connectivity index (χ1v) is 3.01. The molecule has 7 heteroatoms. The third-order valence-electron chi connectivity index (χ3n) is 0.816. The average molecular weight is 195 g/mol. The van der Waals surface area contributed by atoms with Gasteiger partial charge >= 0.3 is 58.4 Å². The molecule has 0 aliphatic carbocycles. The Morgan fingerprint density at radius 1 is 1.45 bits per heavy atom. The molecule has 2 N–H and O–H groups in total. The molecule has 0 aliphatic rings. The van der Waals surface area contributed by atoms with E-state index in [9.17, 15) is 12.9 Å². The van der Waals surface area contributed by atoms with Gasteiger partial charge < -0.3 is 23.4 Å². The van der Waals surface area contributed by atoms with Crippen LogP contribution in [0.5, 0.6) is 0 Å². The van der Waals surface area contributed by atoms with Crippen molar-refractivity contribution >= 4 is 6.98 Å². The first-order valence-electron chi connectivity index (χ1n) is 3.01. The number of halogens is 3. The number of aliphatic hydroxyl groups excluding tert-OH is 1. The Hall–Kier alpha value is 1.41. The van der Waals surface area contributed by atoms with Gasteiger partial charge in [-0.15, -0.1) is 0 Å². The van der Waals surface area contributed by atoms with Gasteiger partial charge in [0, 0.05) is 6.54 Å². The summed E-state index contributed by atoms with van der Waals surface area (Å²) in [7, 11) is 0. The minimum Gasteiger partial charge on any atom is -0.448 e. The Morgan fingerprint density at radius 3 is 2.18 bits per heavy atom. The number of rotatable bonds is 4. The molecule has 1 atom stereocenters. The minimum absolute atomic E-state index is 0. The number of hydrogen-bond donors (Lipinski definition) is 2. The van der Waals surface area contributed by atoms with Gasteiger partial charge in [0.1, 0.15) is 0 Å². The van der Waals surface area contributed by atoms with Crippen molar-refractivity contribution < 1.29 is 69.4 Å². The third-order valence-corrected chi connectivity index (χ3v) is 0.816. The van der Waals surface area contributed by atoms with Crippen molar-refractivity contribution in [1.29, 1.82) is 0 Å². The van der Waals surface area contributed by atoms with Crippen LogP contribution in [0.4, 0.5) is 12.9 Å². The van der Waals surface area contributed by atoms with Crippen LogP contribution in [0, 0.1) is 0 Å². The third kappa shape index (κ3) is 14.3. The zero-order valence-corrected chi connectivity index (χ0v) is 9.77. The molecule has 2 nitrogen and oxygen atoms in total. The summed E-state index contributed by atoms with van der Waals surface area (Å²) >= 11 is 0. The summed E-state index contributed by atoms with van der Waals surface area (Å²) < 4.78 is 34.3. The Morgan fingerprint density at radius 2 is 1.91 bits per heavy atom. The van der Waals surface area contributed by atoms with E-state index in [-0.39, 0.29) is 57.9 Å². The normalized spacial score (nSPS) is 13.9. The van der Waals surface area contributed by atoms with Crippen LogP contribution >= 0.6 is 0 Å². The summed E-state index contributed by atoms with van der Waals surface area (Å²) in [6.07, 6.45) is -1.71. The fraction of sp³-hybridized carbons (Fsp3) is 1.00. The van der Waals surface area contributed by atoms with Gasteiger partial charge in [0.2, 0.25) is 0 Å². The average Bonchev–Trinajstić information content (AvgIpc) is 1.59. The van der Waals surface area contributed by atoms with Crippen LogP contribution < -0.4 is 56.7 Å². The topological polar surface area (TPSA) is 32.3 Å². The molecule has 0 rings (SSSR count). The van der Waals surface area contributed by atoms with Crippen molar-refractivity contribution in [3.8, 4) is 0 Å². The molecular weight excluding hydrogens is 185 g/mol. The van der Waals surface area contributed by atoms with Crippen LogP contribution in [0.2, 0.25) is 0 Å². The van der Waals surface area contributed by atoms with Gasteiger partial charge in [0.15, 0.2) is 0 Å². The quantitative estimate of drug-likeness (QED) is 0.480. The standard InChI is InChI=1S/C4H10BF3NO.K/c1-4(10)2-9-3-5(6,7)8;/h4,9-10H,2-3H2,1H3;/q-1;+1/t4-;/m1./s1. The van der Waals surface area contributed by atoms with Gasteiger partial charge in [-0.3, -0.25) is 0 Å². The summed E-state index contributed by atoms with van der Waals surface area (Å²) in [5, 5.41) is 10.6. The van der Waals surface area contributed by atoms with Gasteiger partial charge in [0.05, 0.1) is 6.10 Å². The molecule has 0 aliphatic heterocycles. The number of hydrogen-bond acceptors (Lipinski definition) is 2. The van der Waals surface area contributed by atoms with Crippen molar-refractivity contribution in [2.24, 2.45) is 0 Å². The number of aliphatic hydroxyl groups is 1. The van der Waals surface area contributed by atoms with E-state index in [1.54, 1.807) is 0 Å². The minimum atomic E-state index is -4.75. The Bertz CT molecular complexity index is 99.8. The van der Waals surface area contributed by atoms with Gasteiger partial charge in [-0.05, 0) is 13.4 Å². The van der Waals surface area contributed by atoms with Crippen molar-refractivity contribution in [2.45, 2.75) is 13.0 Å². The van der Waals surface area contributed by atoms with Crippen LogP contribution in [-0.2, 0) is 0 Å². The van der Waals surface area contributed by atoms with E-state index in [1.807, 2.05) is 0 Å². The Labute approximate surface area is 106 Å². The van der Waals surface area contributed by atoms with Crippen molar-refractivity contribution in [2.75, 3.05) is 13.0 Å². The second kappa shape index (κ2) is 6.88. The molecule has 0 bridgehead atoms. The molecule has 62 valence electrons. The molecule has 0 heterocycles. The molecule has 11 heavy (non-hydrogen) atoms. The summed E-state index contributed by atoms with van der Waals surface area (Å²) in [5.41, 5.74) is 0. The van der Waals surface area contributed by atoms with E-state index >= 15 is 0 Å². The maximum atomic E-state index is 11.4. The molecule has 0 spiro atoms. The molecule has 0 saturated carbocycles. The zero-order valence-electron chi connectivity index (χ0n) is 6.65. The van der Waals surface area contributed by atoms with Crippen LogP contribution in [0.3, 0.4) is 0 Å². The smallest absolute Gasteiger partial charge is 0.448 e.